The highest BCUT2D eigenvalue weighted by molar-refractivity contribution is 5.51. The smallest absolute Gasteiger partial charge is 0.0170 e. The number of benzene rings is 2. The number of nitrogens with zero attached hydrogens (tertiary/aromatic N) is 2. The number of fused-ring (bicyclic) bond motifs is 2. The minimum atomic E-state index is 0.377. The largest absolute Gasteiger partial charge is 0.303 e. The van der Waals surface area contributed by atoms with E-state index in [0.717, 1.165) is 29.8 Å². The molecule has 4 aliphatic carbocycles. The van der Waals surface area contributed by atoms with Gasteiger partial charge in [0.05, 0.1) is 0 Å². The molecule has 7 atom stereocenters. The van der Waals surface area contributed by atoms with Gasteiger partial charge >= 0.3 is 0 Å². The predicted octanol–water partition coefficient (Wildman–Crippen LogP) is 7.33. The lowest BCUT2D eigenvalue weighted by molar-refractivity contribution is -0.00532. The molecule has 0 aromatic heterocycles. The first-order valence-corrected chi connectivity index (χ1v) is 16.6. The van der Waals surface area contributed by atoms with Gasteiger partial charge in [0, 0.05) is 22.9 Å². The van der Waals surface area contributed by atoms with Crippen molar-refractivity contribution in [2.75, 3.05) is 27.2 Å². The van der Waals surface area contributed by atoms with Crippen LogP contribution in [0.15, 0.2) is 30.3 Å². The summed E-state index contributed by atoms with van der Waals surface area (Å²) in [6, 6.07) is 14.4. The summed E-state index contributed by atoms with van der Waals surface area (Å²) in [7, 11) is 4.86. The topological polar surface area (TPSA) is 6.48 Å². The molecule has 4 bridgehead atoms. The average molecular weight is 523 g/mol. The molecule has 8 rings (SSSR count). The minimum absolute atomic E-state index is 0.377. The molecular weight excluding hydrogens is 472 g/mol. The Hall–Kier alpha value is -1.64. The Balaban J connectivity index is 1.26. The second-order valence-electron chi connectivity index (χ2n) is 15.0. The van der Waals surface area contributed by atoms with Crippen LogP contribution in [0, 0.1) is 18.8 Å². The first-order valence-electron chi connectivity index (χ1n) is 16.6. The fraction of sp³-hybridized carbons (Fsp3) is 0.676. The van der Waals surface area contributed by atoms with Gasteiger partial charge in [-0.2, -0.15) is 0 Å². The predicted molar refractivity (Wildman–Crippen MR) is 162 cm³/mol. The third kappa shape index (κ3) is 3.46. The van der Waals surface area contributed by atoms with Gasteiger partial charge in [0.1, 0.15) is 0 Å². The monoisotopic (exact) mass is 522 g/mol. The highest BCUT2D eigenvalue weighted by Gasteiger charge is 2.57. The number of rotatable bonds is 2. The molecule has 2 aliphatic heterocycles. The zero-order valence-corrected chi connectivity index (χ0v) is 25.1. The summed E-state index contributed by atoms with van der Waals surface area (Å²) in [5.74, 6) is 2.44. The van der Waals surface area contributed by atoms with E-state index in [-0.39, 0.29) is 0 Å². The molecule has 2 saturated carbocycles. The second kappa shape index (κ2) is 8.93. The lowest BCUT2D eigenvalue weighted by Gasteiger charge is -2.61. The van der Waals surface area contributed by atoms with Crippen LogP contribution in [0.25, 0.3) is 0 Å². The molecular formula is C37H50N2. The van der Waals surface area contributed by atoms with E-state index >= 15 is 0 Å². The number of hydrogen-bond donors (Lipinski definition) is 0. The molecule has 2 heterocycles. The van der Waals surface area contributed by atoms with Gasteiger partial charge in [0.25, 0.3) is 0 Å². The van der Waals surface area contributed by atoms with Crippen molar-refractivity contribution >= 4 is 0 Å². The molecule has 2 heteroatoms. The Bertz CT molecular complexity index is 1290. The minimum Gasteiger partial charge on any atom is -0.303 e. The van der Waals surface area contributed by atoms with E-state index in [2.05, 4.69) is 68.1 Å². The highest BCUT2D eigenvalue weighted by Crippen LogP contribution is 2.61. The van der Waals surface area contributed by atoms with Crippen LogP contribution >= 0.6 is 0 Å². The normalized spacial score (nSPS) is 39.3. The molecule has 2 saturated heterocycles. The summed E-state index contributed by atoms with van der Waals surface area (Å²) in [4.78, 5) is 5.50. The van der Waals surface area contributed by atoms with E-state index in [9.17, 15) is 0 Å². The third-order valence-electron chi connectivity index (χ3n) is 13.5. The third-order valence-corrected chi connectivity index (χ3v) is 13.5. The van der Waals surface area contributed by atoms with Gasteiger partial charge in [-0.15, -0.1) is 0 Å². The van der Waals surface area contributed by atoms with Gasteiger partial charge < -0.3 is 9.80 Å². The van der Waals surface area contributed by atoms with E-state index in [1.807, 2.05) is 11.1 Å². The number of likely N-dealkylation sites (tertiary alicyclic amines) is 2. The zero-order valence-electron chi connectivity index (χ0n) is 25.1. The van der Waals surface area contributed by atoms with Gasteiger partial charge in [-0.1, -0.05) is 55.7 Å². The van der Waals surface area contributed by atoms with Crippen molar-refractivity contribution in [1.82, 2.24) is 9.80 Å². The first kappa shape index (κ1) is 25.1. The maximum atomic E-state index is 2.77. The number of hydrogen-bond acceptors (Lipinski definition) is 2. The number of likely N-dealkylation sites (N-methyl/N-ethyl adjacent to an activating group) is 2. The standard InChI is InChI=1S/C37H50N2/c1-5-25-19-28(29-22-35-30-8-6-7-13-36(30,33(29)20-25)14-16-39(35)4)27-11-12-31-34-21-26-10-9-24(2)18-32(26)37(31,23-27)15-17-38(34)3/h9-10,18-20,27,30-31,34-35H,5-8,11-17,21-23H2,1-4H3/t27?,30-,31-,34+,35+,36+,37-/m1/s1. The lowest BCUT2D eigenvalue weighted by atomic mass is 9.48. The van der Waals surface area contributed by atoms with Crippen LogP contribution in [0.5, 0.6) is 0 Å². The maximum Gasteiger partial charge on any atom is 0.0170 e. The number of piperidine rings is 2. The summed E-state index contributed by atoms with van der Waals surface area (Å²) in [6.07, 6.45) is 16.5. The van der Waals surface area contributed by atoms with Crippen LogP contribution < -0.4 is 0 Å². The molecule has 39 heavy (non-hydrogen) atoms. The molecule has 4 fully saturated rings. The Kier molecular flexibility index (Phi) is 5.75. The Morgan fingerprint density at radius 1 is 0.795 bits per heavy atom. The number of aryl methyl sites for hydroxylation is 2. The molecule has 0 radical (unpaired) electrons. The molecule has 208 valence electrons. The Morgan fingerprint density at radius 3 is 2.38 bits per heavy atom. The summed E-state index contributed by atoms with van der Waals surface area (Å²) in [5.41, 5.74) is 12.8. The van der Waals surface area contributed by atoms with E-state index in [1.165, 1.54) is 95.7 Å². The molecule has 0 spiro atoms. The van der Waals surface area contributed by atoms with Crippen molar-refractivity contribution < 1.29 is 0 Å². The van der Waals surface area contributed by atoms with Crippen LogP contribution in [0.2, 0.25) is 0 Å². The second-order valence-corrected chi connectivity index (χ2v) is 15.0. The van der Waals surface area contributed by atoms with Crippen molar-refractivity contribution in [3.8, 4) is 0 Å². The molecule has 1 unspecified atom stereocenters. The van der Waals surface area contributed by atoms with Gasteiger partial charge in [-0.25, -0.2) is 0 Å². The molecule has 0 amide bonds. The van der Waals surface area contributed by atoms with Crippen LogP contribution in [0.1, 0.15) is 110 Å². The molecule has 2 aromatic carbocycles. The van der Waals surface area contributed by atoms with Crippen molar-refractivity contribution in [2.24, 2.45) is 11.8 Å². The zero-order chi connectivity index (χ0) is 26.5. The SMILES string of the molecule is CCc1cc(C2CC[C@@H]3[C@@H]4Cc5ccc(C)cc5[C@]3(CCN4C)C2)c2c(c1)[C@]13CCCC[C@@H]1[C@H](C2)N(C)CC3. The van der Waals surface area contributed by atoms with Crippen molar-refractivity contribution in [3.05, 3.63) is 69.3 Å². The van der Waals surface area contributed by atoms with Gasteiger partial charge in [0.2, 0.25) is 0 Å². The lowest BCUT2D eigenvalue weighted by Crippen LogP contribution is -2.61. The van der Waals surface area contributed by atoms with Crippen LogP contribution in [0.4, 0.5) is 0 Å². The van der Waals surface area contributed by atoms with Crippen LogP contribution in [0.3, 0.4) is 0 Å². The summed E-state index contributed by atoms with van der Waals surface area (Å²) in [5, 5.41) is 0. The molecule has 2 nitrogen and oxygen atoms in total. The van der Waals surface area contributed by atoms with E-state index in [1.54, 1.807) is 22.3 Å². The first-order chi connectivity index (χ1) is 18.9. The van der Waals surface area contributed by atoms with E-state index < -0.39 is 0 Å². The average Bonchev–Trinajstić information content (AvgIpc) is 2.96. The van der Waals surface area contributed by atoms with Crippen LogP contribution in [-0.4, -0.2) is 49.1 Å². The summed E-state index contributed by atoms with van der Waals surface area (Å²) in [6.45, 7) is 7.29. The quantitative estimate of drug-likeness (QED) is 0.407. The fourth-order valence-electron chi connectivity index (χ4n) is 11.6. The summed E-state index contributed by atoms with van der Waals surface area (Å²) < 4.78 is 0. The molecule has 6 aliphatic rings. The van der Waals surface area contributed by atoms with Gasteiger partial charge in [-0.3, -0.25) is 0 Å². The van der Waals surface area contributed by atoms with Crippen LogP contribution in [-0.2, 0) is 30.1 Å². The van der Waals surface area contributed by atoms with Crippen molar-refractivity contribution in [3.63, 3.8) is 0 Å². The maximum absolute atomic E-state index is 2.77. The van der Waals surface area contributed by atoms with Crippen molar-refractivity contribution in [2.45, 2.75) is 120 Å². The molecule has 2 aromatic rings. The summed E-state index contributed by atoms with van der Waals surface area (Å²) >= 11 is 0. The molecule has 0 N–H and O–H groups in total. The Morgan fingerprint density at radius 2 is 1.56 bits per heavy atom. The van der Waals surface area contributed by atoms with E-state index in [0.29, 0.717) is 10.8 Å². The highest BCUT2D eigenvalue weighted by atomic mass is 15.2. The fourth-order valence-corrected chi connectivity index (χ4v) is 11.6. The van der Waals surface area contributed by atoms with Crippen molar-refractivity contribution in [1.29, 1.82) is 0 Å². The van der Waals surface area contributed by atoms with Gasteiger partial charge in [-0.05, 0) is 149 Å². The Labute approximate surface area is 237 Å². The van der Waals surface area contributed by atoms with E-state index in [4.69, 9.17) is 0 Å². The van der Waals surface area contributed by atoms with Gasteiger partial charge in [0.15, 0.2) is 0 Å².